The SMILES string of the molecule is Cc1ccc2c(c1C)NC(=O)CC2c1ccc(F)c(F)c1. The van der Waals surface area contributed by atoms with E-state index in [4.69, 9.17) is 0 Å². The summed E-state index contributed by atoms with van der Waals surface area (Å²) in [6.07, 6.45) is 0.237. The first-order chi connectivity index (χ1) is 9.97. The Balaban J connectivity index is 2.15. The van der Waals surface area contributed by atoms with E-state index in [9.17, 15) is 13.6 Å². The van der Waals surface area contributed by atoms with Crippen molar-refractivity contribution >= 4 is 11.6 Å². The first-order valence-corrected chi connectivity index (χ1v) is 6.82. The number of nitrogens with one attached hydrogen (secondary N) is 1. The van der Waals surface area contributed by atoms with E-state index in [1.165, 1.54) is 6.07 Å². The highest BCUT2D eigenvalue weighted by Crippen LogP contribution is 2.39. The van der Waals surface area contributed by atoms with Crippen LogP contribution in [-0.4, -0.2) is 5.91 Å². The van der Waals surface area contributed by atoms with Gasteiger partial charge in [-0.05, 0) is 48.2 Å². The Morgan fingerprint density at radius 2 is 1.86 bits per heavy atom. The monoisotopic (exact) mass is 287 g/mol. The molecule has 21 heavy (non-hydrogen) atoms. The average Bonchev–Trinajstić information content (AvgIpc) is 2.45. The Morgan fingerprint density at radius 1 is 1.10 bits per heavy atom. The minimum Gasteiger partial charge on any atom is -0.326 e. The van der Waals surface area contributed by atoms with Crippen LogP contribution in [0.4, 0.5) is 14.5 Å². The molecule has 2 aromatic rings. The summed E-state index contributed by atoms with van der Waals surface area (Å²) in [6.45, 7) is 3.92. The second kappa shape index (κ2) is 4.95. The van der Waals surface area contributed by atoms with E-state index in [1.807, 2.05) is 26.0 Å². The molecule has 0 bridgehead atoms. The third-order valence-corrected chi connectivity index (χ3v) is 4.14. The van der Waals surface area contributed by atoms with Crippen LogP contribution < -0.4 is 5.32 Å². The molecule has 4 heteroatoms. The molecule has 0 radical (unpaired) electrons. The summed E-state index contributed by atoms with van der Waals surface area (Å²) in [6, 6.07) is 7.76. The molecule has 2 aromatic carbocycles. The van der Waals surface area contributed by atoms with Crippen LogP contribution in [0.25, 0.3) is 0 Å². The maximum Gasteiger partial charge on any atom is 0.225 e. The molecule has 0 aliphatic carbocycles. The highest BCUT2D eigenvalue weighted by atomic mass is 19.2. The Morgan fingerprint density at radius 3 is 2.57 bits per heavy atom. The summed E-state index contributed by atoms with van der Waals surface area (Å²) in [4.78, 5) is 11.9. The van der Waals surface area contributed by atoms with E-state index in [0.717, 1.165) is 28.4 Å². The molecule has 0 saturated carbocycles. The van der Waals surface area contributed by atoms with Crippen molar-refractivity contribution in [3.63, 3.8) is 0 Å². The highest BCUT2D eigenvalue weighted by Gasteiger charge is 2.28. The summed E-state index contributed by atoms with van der Waals surface area (Å²) in [5.41, 5.74) is 4.45. The fourth-order valence-corrected chi connectivity index (χ4v) is 2.81. The van der Waals surface area contributed by atoms with Gasteiger partial charge in [0.25, 0.3) is 0 Å². The lowest BCUT2D eigenvalue weighted by atomic mass is 9.83. The Bertz CT molecular complexity index is 740. The number of carbonyl (C=O) groups excluding carboxylic acids is 1. The standard InChI is InChI=1S/C17H15F2NO/c1-9-3-5-12-13(8-16(21)20-17(12)10(9)2)11-4-6-14(18)15(19)7-11/h3-7,13H,8H2,1-2H3,(H,20,21). The number of hydrogen-bond donors (Lipinski definition) is 1. The van der Waals surface area contributed by atoms with Crippen molar-refractivity contribution < 1.29 is 13.6 Å². The van der Waals surface area contributed by atoms with Crippen LogP contribution in [-0.2, 0) is 4.79 Å². The van der Waals surface area contributed by atoms with Gasteiger partial charge in [0.1, 0.15) is 0 Å². The van der Waals surface area contributed by atoms with E-state index < -0.39 is 11.6 Å². The zero-order valence-electron chi connectivity index (χ0n) is 11.8. The van der Waals surface area contributed by atoms with Gasteiger partial charge in [-0.3, -0.25) is 4.79 Å². The van der Waals surface area contributed by atoms with E-state index in [-0.39, 0.29) is 18.2 Å². The van der Waals surface area contributed by atoms with Crippen molar-refractivity contribution in [2.24, 2.45) is 0 Å². The maximum atomic E-state index is 13.5. The number of carbonyl (C=O) groups is 1. The molecule has 0 saturated heterocycles. The van der Waals surface area contributed by atoms with Crippen LogP contribution >= 0.6 is 0 Å². The molecular formula is C17H15F2NO. The van der Waals surface area contributed by atoms with Gasteiger partial charge in [0, 0.05) is 18.0 Å². The smallest absolute Gasteiger partial charge is 0.225 e. The largest absolute Gasteiger partial charge is 0.326 e. The Hall–Kier alpha value is -2.23. The molecular weight excluding hydrogens is 272 g/mol. The van der Waals surface area contributed by atoms with Crippen LogP contribution in [0.15, 0.2) is 30.3 Å². The predicted octanol–water partition coefficient (Wildman–Crippen LogP) is 4.06. The molecule has 0 spiro atoms. The molecule has 1 unspecified atom stereocenters. The third-order valence-electron chi connectivity index (χ3n) is 4.14. The van der Waals surface area contributed by atoms with Crippen molar-refractivity contribution in [3.8, 4) is 0 Å². The van der Waals surface area contributed by atoms with E-state index >= 15 is 0 Å². The third kappa shape index (κ3) is 2.31. The van der Waals surface area contributed by atoms with E-state index in [2.05, 4.69) is 5.32 Å². The van der Waals surface area contributed by atoms with Gasteiger partial charge in [-0.2, -0.15) is 0 Å². The van der Waals surface area contributed by atoms with Crippen LogP contribution in [0, 0.1) is 25.5 Å². The molecule has 1 amide bonds. The zero-order chi connectivity index (χ0) is 15.1. The maximum absolute atomic E-state index is 13.5. The summed E-state index contributed by atoms with van der Waals surface area (Å²) in [7, 11) is 0. The average molecular weight is 287 g/mol. The van der Waals surface area contributed by atoms with Gasteiger partial charge in [0.05, 0.1) is 0 Å². The minimum absolute atomic E-state index is 0.106. The number of hydrogen-bond acceptors (Lipinski definition) is 1. The number of rotatable bonds is 1. The summed E-state index contributed by atoms with van der Waals surface area (Å²) in [5, 5.41) is 2.89. The first-order valence-electron chi connectivity index (χ1n) is 6.82. The summed E-state index contributed by atoms with van der Waals surface area (Å²) in [5.74, 6) is -2.11. The first kappa shape index (κ1) is 13.7. The molecule has 1 atom stereocenters. The fraction of sp³-hybridized carbons (Fsp3) is 0.235. The van der Waals surface area contributed by atoms with Crippen LogP contribution in [0.2, 0.25) is 0 Å². The Labute approximate surface area is 121 Å². The summed E-state index contributed by atoms with van der Waals surface area (Å²) >= 11 is 0. The number of amides is 1. The topological polar surface area (TPSA) is 29.1 Å². The predicted molar refractivity (Wildman–Crippen MR) is 77.4 cm³/mol. The number of benzene rings is 2. The van der Waals surface area contributed by atoms with Gasteiger partial charge < -0.3 is 5.32 Å². The van der Waals surface area contributed by atoms with Crippen molar-refractivity contribution in [2.45, 2.75) is 26.2 Å². The second-order valence-corrected chi connectivity index (χ2v) is 5.45. The zero-order valence-corrected chi connectivity index (χ0v) is 11.8. The summed E-state index contributed by atoms with van der Waals surface area (Å²) < 4.78 is 26.6. The van der Waals surface area contributed by atoms with Gasteiger partial charge in [-0.25, -0.2) is 8.78 Å². The van der Waals surface area contributed by atoms with Crippen LogP contribution in [0.1, 0.15) is 34.6 Å². The minimum atomic E-state index is -0.885. The number of fused-ring (bicyclic) bond motifs is 1. The highest BCUT2D eigenvalue weighted by molar-refractivity contribution is 5.96. The molecule has 2 nitrogen and oxygen atoms in total. The molecule has 1 N–H and O–H groups in total. The van der Waals surface area contributed by atoms with Gasteiger partial charge in [-0.1, -0.05) is 18.2 Å². The van der Waals surface area contributed by atoms with Crippen LogP contribution in [0.5, 0.6) is 0 Å². The molecule has 3 rings (SSSR count). The number of halogens is 2. The molecule has 0 fully saturated rings. The van der Waals surface area contributed by atoms with Crippen molar-refractivity contribution in [1.29, 1.82) is 0 Å². The number of anilines is 1. The lowest BCUT2D eigenvalue weighted by Crippen LogP contribution is -2.24. The lowest BCUT2D eigenvalue weighted by Gasteiger charge is -2.28. The second-order valence-electron chi connectivity index (χ2n) is 5.45. The van der Waals surface area contributed by atoms with Gasteiger partial charge in [-0.15, -0.1) is 0 Å². The molecule has 0 aromatic heterocycles. The molecule has 108 valence electrons. The van der Waals surface area contributed by atoms with E-state index in [0.29, 0.717) is 5.56 Å². The molecule has 1 aliphatic heterocycles. The fourth-order valence-electron chi connectivity index (χ4n) is 2.81. The van der Waals surface area contributed by atoms with Crippen molar-refractivity contribution in [3.05, 3.63) is 64.2 Å². The quantitative estimate of drug-likeness (QED) is 0.842. The normalized spacial score (nSPS) is 17.3. The van der Waals surface area contributed by atoms with Crippen LogP contribution in [0.3, 0.4) is 0 Å². The van der Waals surface area contributed by atoms with Gasteiger partial charge in [0.15, 0.2) is 11.6 Å². The Kier molecular flexibility index (Phi) is 3.24. The van der Waals surface area contributed by atoms with Crippen molar-refractivity contribution in [1.82, 2.24) is 0 Å². The molecule has 1 heterocycles. The van der Waals surface area contributed by atoms with Crippen molar-refractivity contribution in [2.75, 3.05) is 5.32 Å². The lowest BCUT2D eigenvalue weighted by molar-refractivity contribution is -0.116. The van der Waals surface area contributed by atoms with Gasteiger partial charge in [0.2, 0.25) is 5.91 Å². The van der Waals surface area contributed by atoms with Gasteiger partial charge >= 0.3 is 0 Å². The number of aryl methyl sites for hydroxylation is 1. The van der Waals surface area contributed by atoms with E-state index in [1.54, 1.807) is 6.07 Å². The molecule has 1 aliphatic rings.